The number of aromatic hydroxyl groups is 1. The zero-order chi connectivity index (χ0) is 27.9. The van der Waals surface area contributed by atoms with Crippen LogP contribution in [0.3, 0.4) is 0 Å². The second-order valence-corrected chi connectivity index (χ2v) is 7.70. The van der Waals surface area contributed by atoms with Gasteiger partial charge in [0.15, 0.2) is 23.7 Å². The molecule has 14 nitrogen and oxygen atoms in total. The summed E-state index contributed by atoms with van der Waals surface area (Å²) in [5, 5.41) is 10.1. The largest absolute Gasteiger partial charge is 0.502 e. The van der Waals surface area contributed by atoms with Gasteiger partial charge in [0.05, 0.1) is 19.8 Å². The van der Waals surface area contributed by atoms with Crippen LogP contribution in [0.25, 0.3) is 0 Å². The first-order valence-corrected chi connectivity index (χ1v) is 10.8. The summed E-state index contributed by atoms with van der Waals surface area (Å²) in [5.41, 5.74) is -0.153. The monoisotopic (exact) mass is 528 g/mol. The van der Waals surface area contributed by atoms with Gasteiger partial charge < -0.3 is 43.0 Å². The Kier molecular flexibility index (Phi) is 10.1. The highest BCUT2D eigenvalue weighted by Gasteiger charge is 2.53. The molecular weight excluding hydrogens is 500 g/mol. The van der Waals surface area contributed by atoms with Crippen LogP contribution in [0, 0.1) is 0 Å². The van der Waals surface area contributed by atoms with Crippen LogP contribution in [-0.2, 0) is 47.6 Å². The lowest BCUT2D eigenvalue weighted by molar-refractivity contribution is -0.294. The van der Waals surface area contributed by atoms with Crippen molar-refractivity contribution in [2.24, 2.45) is 0 Å². The summed E-state index contributed by atoms with van der Waals surface area (Å²) < 4.78 is 42.0. The molecule has 0 unspecified atom stereocenters. The average molecular weight is 528 g/mol. The van der Waals surface area contributed by atoms with E-state index in [1.165, 1.54) is 14.2 Å². The minimum atomic E-state index is -1.72. The van der Waals surface area contributed by atoms with E-state index >= 15 is 0 Å². The molecule has 0 bridgehead atoms. The van der Waals surface area contributed by atoms with E-state index in [4.69, 9.17) is 37.9 Å². The van der Waals surface area contributed by atoms with Crippen molar-refractivity contribution in [3.8, 4) is 17.2 Å². The molecule has 0 saturated carbocycles. The molecule has 1 N–H and O–H groups in total. The van der Waals surface area contributed by atoms with Crippen molar-refractivity contribution in [1.82, 2.24) is 0 Å². The Morgan fingerprint density at radius 3 is 1.70 bits per heavy atom. The average Bonchev–Trinajstić information content (AvgIpc) is 2.80. The van der Waals surface area contributed by atoms with Gasteiger partial charge in [-0.25, -0.2) is 4.79 Å². The van der Waals surface area contributed by atoms with Gasteiger partial charge in [-0.3, -0.25) is 19.2 Å². The number of phenols is 1. The van der Waals surface area contributed by atoms with E-state index in [1.807, 2.05) is 0 Å². The van der Waals surface area contributed by atoms with Crippen molar-refractivity contribution in [1.29, 1.82) is 0 Å². The summed E-state index contributed by atoms with van der Waals surface area (Å²) in [7, 11) is 2.51. The number of hydrogen-bond acceptors (Lipinski definition) is 14. The zero-order valence-corrected chi connectivity index (χ0v) is 21.0. The topological polar surface area (TPSA) is 179 Å². The van der Waals surface area contributed by atoms with E-state index in [1.54, 1.807) is 0 Å². The molecule has 37 heavy (non-hydrogen) atoms. The van der Waals surface area contributed by atoms with E-state index in [9.17, 15) is 29.1 Å². The summed E-state index contributed by atoms with van der Waals surface area (Å²) >= 11 is 0. The number of rotatable bonds is 9. The molecule has 204 valence electrons. The summed E-state index contributed by atoms with van der Waals surface area (Å²) in [5.74, 6) is -4.83. The quantitative estimate of drug-likeness (QED) is 0.348. The van der Waals surface area contributed by atoms with Gasteiger partial charge in [0.2, 0.25) is 18.1 Å². The Morgan fingerprint density at radius 1 is 0.757 bits per heavy atom. The Hall–Kier alpha value is -4.07. The van der Waals surface area contributed by atoms with E-state index < -0.39 is 67.2 Å². The van der Waals surface area contributed by atoms with Crippen molar-refractivity contribution >= 4 is 29.8 Å². The van der Waals surface area contributed by atoms with Gasteiger partial charge in [-0.1, -0.05) is 0 Å². The molecule has 5 atom stereocenters. The smallest absolute Gasteiger partial charge is 0.340 e. The van der Waals surface area contributed by atoms with Crippen molar-refractivity contribution in [2.75, 3.05) is 20.8 Å². The van der Waals surface area contributed by atoms with Crippen LogP contribution in [0.4, 0.5) is 0 Å². The normalized spacial score (nSPS) is 22.7. The summed E-state index contributed by atoms with van der Waals surface area (Å²) in [6, 6.07) is 2.32. The Labute approximate surface area is 211 Å². The number of benzene rings is 1. The van der Waals surface area contributed by atoms with Crippen LogP contribution >= 0.6 is 0 Å². The van der Waals surface area contributed by atoms with Gasteiger partial charge >= 0.3 is 29.8 Å². The molecule has 1 heterocycles. The Morgan fingerprint density at radius 2 is 1.24 bits per heavy atom. The minimum absolute atomic E-state index is 0.104. The second-order valence-electron chi connectivity index (χ2n) is 7.70. The minimum Gasteiger partial charge on any atom is -0.502 e. The molecule has 0 spiro atoms. The van der Waals surface area contributed by atoms with Gasteiger partial charge in [-0.15, -0.1) is 0 Å². The molecule has 1 saturated heterocycles. The van der Waals surface area contributed by atoms with Crippen LogP contribution < -0.4 is 9.47 Å². The highest BCUT2D eigenvalue weighted by molar-refractivity contribution is 5.91. The molecule has 2 rings (SSSR count). The Balaban J connectivity index is 2.50. The molecule has 1 aliphatic heterocycles. The van der Waals surface area contributed by atoms with Crippen LogP contribution in [0.5, 0.6) is 17.2 Å². The number of esters is 5. The number of carbonyl (C=O) groups is 5. The van der Waals surface area contributed by atoms with Crippen LogP contribution in [0.15, 0.2) is 12.1 Å². The maximum Gasteiger partial charge on any atom is 0.340 e. The molecule has 1 aliphatic rings. The number of phenolic OH excluding ortho intramolecular Hbond substituents is 1. The highest BCUT2D eigenvalue weighted by atomic mass is 16.7. The van der Waals surface area contributed by atoms with Gasteiger partial charge in [-0.05, 0) is 12.1 Å². The standard InChI is InChI=1S/C23H28O14/c1-10(24)32-9-17-19(33-11(2)25)20(34-12(3)26)21(35-13(4)27)23(36-17)37-22(29)14-7-15(30-5)18(28)16(8-14)31-6/h7-8,17,19-21,23,28H,9H2,1-6H3/t17-,19-,20+,21-,23+/m1/s1. The third-order valence-electron chi connectivity index (χ3n) is 4.89. The lowest BCUT2D eigenvalue weighted by Crippen LogP contribution is -2.63. The fourth-order valence-corrected chi connectivity index (χ4v) is 3.47. The van der Waals surface area contributed by atoms with Gasteiger partial charge in [0.1, 0.15) is 12.7 Å². The summed E-state index contributed by atoms with van der Waals surface area (Å²) in [6.07, 6.45) is -7.54. The molecule has 1 aromatic carbocycles. The molecule has 0 aromatic heterocycles. The summed E-state index contributed by atoms with van der Waals surface area (Å²) in [6.45, 7) is 3.81. The molecule has 0 amide bonds. The van der Waals surface area contributed by atoms with E-state index in [0.29, 0.717) is 0 Å². The van der Waals surface area contributed by atoms with E-state index in [0.717, 1.165) is 39.8 Å². The molecule has 0 radical (unpaired) electrons. The third-order valence-corrected chi connectivity index (χ3v) is 4.89. The molecule has 14 heteroatoms. The van der Waals surface area contributed by atoms with Crippen molar-refractivity contribution in [2.45, 2.75) is 58.4 Å². The zero-order valence-electron chi connectivity index (χ0n) is 21.0. The molecule has 1 fully saturated rings. The van der Waals surface area contributed by atoms with Crippen molar-refractivity contribution < 1.29 is 67.0 Å². The van der Waals surface area contributed by atoms with E-state index in [-0.39, 0.29) is 22.8 Å². The first-order valence-electron chi connectivity index (χ1n) is 10.8. The molecular formula is C23H28O14. The fourth-order valence-electron chi connectivity index (χ4n) is 3.47. The number of ether oxygens (including phenoxy) is 8. The predicted molar refractivity (Wildman–Crippen MR) is 119 cm³/mol. The third kappa shape index (κ3) is 7.70. The molecule has 0 aliphatic carbocycles. The van der Waals surface area contributed by atoms with Crippen molar-refractivity contribution in [3.63, 3.8) is 0 Å². The first kappa shape index (κ1) is 29.2. The SMILES string of the molecule is COc1cc(C(=O)O[C@@H]2O[C@H](COC(C)=O)[C@@H](OC(C)=O)[C@H](OC(C)=O)[C@H]2OC(C)=O)cc(OC)c1O. The lowest BCUT2D eigenvalue weighted by Gasteiger charge is -2.43. The number of hydrogen-bond donors (Lipinski definition) is 1. The van der Waals surface area contributed by atoms with Crippen LogP contribution in [-0.4, -0.2) is 86.5 Å². The Bertz CT molecular complexity index is 1010. The van der Waals surface area contributed by atoms with E-state index in [2.05, 4.69) is 0 Å². The van der Waals surface area contributed by atoms with Gasteiger partial charge in [-0.2, -0.15) is 0 Å². The predicted octanol–water partition coefficient (Wildman–Crippen LogP) is 0.649. The first-order chi connectivity index (χ1) is 17.4. The van der Waals surface area contributed by atoms with Crippen LogP contribution in [0.1, 0.15) is 38.1 Å². The van der Waals surface area contributed by atoms with Gasteiger partial charge in [0.25, 0.3) is 0 Å². The number of methoxy groups -OCH3 is 2. The fraction of sp³-hybridized carbons (Fsp3) is 0.522. The van der Waals surface area contributed by atoms with Crippen molar-refractivity contribution in [3.05, 3.63) is 17.7 Å². The lowest BCUT2D eigenvalue weighted by atomic mass is 9.98. The molecule has 1 aromatic rings. The second kappa shape index (κ2) is 12.8. The maximum absolute atomic E-state index is 13.0. The van der Waals surface area contributed by atoms with Crippen LogP contribution in [0.2, 0.25) is 0 Å². The van der Waals surface area contributed by atoms with Gasteiger partial charge in [0, 0.05) is 27.7 Å². The number of carbonyl (C=O) groups excluding carboxylic acids is 5. The highest BCUT2D eigenvalue weighted by Crippen LogP contribution is 2.38. The summed E-state index contributed by atoms with van der Waals surface area (Å²) in [4.78, 5) is 60.0. The maximum atomic E-state index is 13.0.